The van der Waals surface area contributed by atoms with Crippen LogP contribution in [0.5, 0.6) is 0 Å². The molecule has 31 heavy (non-hydrogen) atoms. The highest BCUT2D eigenvalue weighted by Crippen LogP contribution is 2.52. The lowest BCUT2D eigenvalue weighted by atomic mass is 9.67. The summed E-state index contributed by atoms with van der Waals surface area (Å²) in [4.78, 5) is 39.7. The van der Waals surface area contributed by atoms with Crippen molar-refractivity contribution in [2.24, 2.45) is 5.73 Å². The molecule has 166 valence electrons. The summed E-state index contributed by atoms with van der Waals surface area (Å²) in [5.41, 5.74) is 4.74. The zero-order chi connectivity index (χ0) is 22.6. The van der Waals surface area contributed by atoms with Gasteiger partial charge in [-0.05, 0) is 19.4 Å². The molecule has 0 aliphatic carbocycles. The third-order valence-electron chi connectivity index (χ3n) is 5.19. The van der Waals surface area contributed by atoms with Gasteiger partial charge >= 0.3 is 11.9 Å². The van der Waals surface area contributed by atoms with Gasteiger partial charge in [0, 0.05) is 18.4 Å². The number of carbonyl (C=O) groups is 3. The smallest absolute Gasteiger partial charge is 0.341 e. The predicted molar refractivity (Wildman–Crippen MR) is 110 cm³/mol. The molecule has 9 nitrogen and oxygen atoms in total. The second-order valence-electron chi connectivity index (χ2n) is 7.14. The van der Waals surface area contributed by atoms with Crippen LogP contribution in [-0.2, 0) is 38.7 Å². The number of unbranched alkanes of at least 4 members (excludes halogenated alkanes) is 1. The number of anilines is 1. The van der Waals surface area contributed by atoms with Crippen molar-refractivity contribution in [1.29, 1.82) is 0 Å². The van der Waals surface area contributed by atoms with Gasteiger partial charge in [-0.3, -0.25) is 4.79 Å². The van der Waals surface area contributed by atoms with Gasteiger partial charge in [-0.25, -0.2) is 9.59 Å². The van der Waals surface area contributed by atoms with Crippen LogP contribution in [-0.4, -0.2) is 44.8 Å². The van der Waals surface area contributed by atoms with Gasteiger partial charge in [0.25, 0.3) is 0 Å². The van der Waals surface area contributed by atoms with Crippen molar-refractivity contribution in [3.05, 3.63) is 52.6 Å². The first kappa shape index (κ1) is 22.4. The summed E-state index contributed by atoms with van der Waals surface area (Å²) >= 11 is 0. The zero-order valence-electron chi connectivity index (χ0n) is 17.8. The monoisotopic (exact) mass is 430 g/mol. The lowest BCUT2D eigenvalue weighted by molar-refractivity contribution is -0.144. The summed E-state index contributed by atoms with van der Waals surface area (Å²) in [6, 6.07) is 6.77. The Hall–Kier alpha value is -3.33. The molecule has 9 heteroatoms. The summed E-state index contributed by atoms with van der Waals surface area (Å²) in [6.07, 6.45) is 1.44. The molecule has 2 aliphatic heterocycles. The van der Waals surface area contributed by atoms with Crippen molar-refractivity contribution in [2.45, 2.75) is 32.1 Å². The van der Waals surface area contributed by atoms with Gasteiger partial charge in [0.05, 0.1) is 13.2 Å². The highest BCUT2D eigenvalue weighted by Gasteiger charge is 2.61. The Kier molecular flexibility index (Phi) is 6.65. The lowest BCUT2D eigenvalue weighted by Crippen LogP contribution is -2.48. The van der Waals surface area contributed by atoms with Gasteiger partial charge in [-0.1, -0.05) is 31.5 Å². The molecule has 0 saturated heterocycles. The number of esters is 2. The minimum Gasteiger partial charge on any atom is -0.462 e. The number of allylic oxidation sites excluding steroid dienone is 1. The molecule has 0 aromatic heterocycles. The van der Waals surface area contributed by atoms with E-state index < -0.39 is 23.3 Å². The Balaban J connectivity index is 2.18. The number of amides is 1. The van der Waals surface area contributed by atoms with Crippen LogP contribution in [0.15, 0.2) is 47.1 Å². The number of rotatable bonds is 8. The van der Waals surface area contributed by atoms with E-state index >= 15 is 0 Å². The molecule has 1 atom stereocenters. The lowest BCUT2D eigenvalue weighted by Gasteiger charge is -2.35. The number of hydrogen-bond acceptors (Lipinski definition) is 8. The number of benzene rings is 1. The van der Waals surface area contributed by atoms with E-state index in [9.17, 15) is 14.4 Å². The zero-order valence-corrected chi connectivity index (χ0v) is 17.8. The van der Waals surface area contributed by atoms with E-state index in [4.69, 9.17) is 24.7 Å². The Morgan fingerprint density at radius 3 is 2.48 bits per heavy atom. The predicted octanol–water partition coefficient (Wildman–Crippen LogP) is 1.88. The molecule has 1 aromatic rings. The molecule has 2 heterocycles. The van der Waals surface area contributed by atoms with Crippen LogP contribution in [0.3, 0.4) is 0 Å². The van der Waals surface area contributed by atoms with E-state index in [0.29, 0.717) is 17.7 Å². The Morgan fingerprint density at radius 1 is 1.10 bits per heavy atom. The SMILES string of the molecule is CCCCOC(=O)C1=C(N)OC(C)=C(C(=O)OCCOC)[C@@]12C(=O)Nc1ccccc12. The molecular weight excluding hydrogens is 404 g/mol. The molecule has 1 spiro atoms. The van der Waals surface area contributed by atoms with Crippen molar-refractivity contribution in [3.8, 4) is 0 Å². The fourth-order valence-electron chi connectivity index (χ4n) is 3.82. The molecule has 1 aromatic carbocycles. The van der Waals surface area contributed by atoms with Crippen LogP contribution < -0.4 is 11.1 Å². The quantitative estimate of drug-likeness (QED) is 0.473. The first-order valence-corrected chi connectivity index (χ1v) is 10.0. The van der Waals surface area contributed by atoms with E-state index in [1.807, 2.05) is 6.92 Å². The minimum atomic E-state index is -1.85. The van der Waals surface area contributed by atoms with Crippen LogP contribution in [0.4, 0.5) is 5.69 Å². The molecular formula is C22H26N2O7. The maximum absolute atomic E-state index is 13.5. The fraction of sp³-hybridized carbons (Fsp3) is 0.409. The fourth-order valence-corrected chi connectivity index (χ4v) is 3.82. The number of methoxy groups -OCH3 is 1. The maximum atomic E-state index is 13.5. The Labute approximate surface area is 180 Å². The standard InChI is InChI=1S/C22H26N2O7/c1-4-5-10-29-20(26)17-18(23)31-13(2)16(19(25)30-12-11-28-3)22(17)14-8-6-7-9-15(14)24-21(22)27/h6-9H,4-5,10-12,23H2,1-3H3,(H,24,27)/t22-/m1/s1. The largest absolute Gasteiger partial charge is 0.462 e. The van der Waals surface area contributed by atoms with Crippen molar-refractivity contribution in [3.63, 3.8) is 0 Å². The number of ether oxygens (including phenoxy) is 4. The number of nitrogens with one attached hydrogen (secondary N) is 1. The average molecular weight is 430 g/mol. The van der Waals surface area contributed by atoms with Crippen molar-refractivity contribution in [2.75, 3.05) is 32.2 Å². The highest BCUT2D eigenvalue weighted by molar-refractivity contribution is 6.21. The number of para-hydroxylation sites is 1. The van der Waals surface area contributed by atoms with Gasteiger partial charge in [0.1, 0.15) is 28.9 Å². The van der Waals surface area contributed by atoms with Crippen LogP contribution >= 0.6 is 0 Å². The topological polar surface area (TPSA) is 126 Å². The minimum absolute atomic E-state index is 0.0407. The van der Waals surface area contributed by atoms with Crippen molar-refractivity contribution < 1.29 is 33.3 Å². The second kappa shape index (κ2) is 9.22. The molecule has 3 rings (SSSR count). The number of hydrogen-bond donors (Lipinski definition) is 2. The van der Waals surface area contributed by atoms with Crippen LogP contribution in [0.25, 0.3) is 0 Å². The molecule has 0 bridgehead atoms. The first-order chi connectivity index (χ1) is 14.9. The van der Waals surface area contributed by atoms with E-state index in [-0.39, 0.29) is 42.6 Å². The summed E-state index contributed by atoms with van der Waals surface area (Å²) in [6.45, 7) is 3.71. The molecule has 1 amide bonds. The van der Waals surface area contributed by atoms with Gasteiger partial charge in [0.2, 0.25) is 11.8 Å². The summed E-state index contributed by atoms with van der Waals surface area (Å²) in [5, 5.41) is 2.74. The van der Waals surface area contributed by atoms with Gasteiger partial charge in [-0.2, -0.15) is 0 Å². The third-order valence-corrected chi connectivity index (χ3v) is 5.19. The normalized spacial score (nSPS) is 19.8. The highest BCUT2D eigenvalue weighted by atomic mass is 16.6. The van der Waals surface area contributed by atoms with Gasteiger partial charge in [-0.15, -0.1) is 0 Å². The van der Waals surface area contributed by atoms with E-state index in [0.717, 1.165) is 6.42 Å². The number of nitrogens with two attached hydrogens (primary N) is 1. The Bertz CT molecular complexity index is 920. The Morgan fingerprint density at radius 2 is 1.77 bits per heavy atom. The maximum Gasteiger partial charge on any atom is 0.341 e. The molecule has 0 unspecified atom stereocenters. The van der Waals surface area contributed by atoms with E-state index in [2.05, 4.69) is 5.32 Å². The van der Waals surface area contributed by atoms with Crippen LogP contribution in [0.1, 0.15) is 32.3 Å². The van der Waals surface area contributed by atoms with Crippen molar-refractivity contribution in [1.82, 2.24) is 0 Å². The van der Waals surface area contributed by atoms with Crippen molar-refractivity contribution >= 4 is 23.5 Å². The molecule has 0 saturated carbocycles. The van der Waals surface area contributed by atoms with Gasteiger partial charge < -0.3 is 30.0 Å². The van der Waals surface area contributed by atoms with Gasteiger partial charge in [0.15, 0.2) is 0 Å². The van der Waals surface area contributed by atoms with Crippen LogP contribution in [0.2, 0.25) is 0 Å². The summed E-state index contributed by atoms with van der Waals surface area (Å²) in [5.74, 6) is -2.48. The second-order valence-corrected chi connectivity index (χ2v) is 7.14. The number of carbonyl (C=O) groups excluding carboxylic acids is 3. The molecule has 2 aliphatic rings. The number of fused-ring (bicyclic) bond motifs is 2. The first-order valence-electron chi connectivity index (χ1n) is 10.0. The molecule has 3 N–H and O–H groups in total. The average Bonchev–Trinajstić information content (AvgIpc) is 3.00. The summed E-state index contributed by atoms with van der Waals surface area (Å²) < 4.78 is 21.1. The van der Waals surface area contributed by atoms with E-state index in [1.54, 1.807) is 24.3 Å². The third kappa shape index (κ3) is 3.76. The van der Waals surface area contributed by atoms with Crippen LogP contribution in [0, 0.1) is 0 Å². The molecule has 0 radical (unpaired) electrons. The van der Waals surface area contributed by atoms with E-state index in [1.165, 1.54) is 14.0 Å². The molecule has 0 fully saturated rings. The summed E-state index contributed by atoms with van der Waals surface area (Å²) in [7, 11) is 1.47.